The Morgan fingerprint density at radius 1 is 1.47 bits per heavy atom. The number of nitrogens with one attached hydrogen (secondary N) is 1. The smallest absolute Gasteiger partial charge is 0.308 e. The van der Waals surface area contributed by atoms with E-state index in [2.05, 4.69) is 15.2 Å². The van der Waals surface area contributed by atoms with Crippen LogP contribution >= 0.6 is 11.3 Å². The molecule has 1 fully saturated rings. The summed E-state index contributed by atoms with van der Waals surface area (Å²) in [4.78, 5) is 18.6. The fourth-order valence-corrected chi connectivity index (χ4v) is 3.32. The standard InChI is InChI=1S/C13H21N3O2S/c1-10-11(9-13(17)18)19-12(15-10)3-7-16-6-2-4-14-5-8-16/h14H,2-9H2,1H3,(H,17,18). The van der Waals surface area contributed by atoms with E-state index >= 15 is 0 Å². The molecule has 106 valence electrons. The lowest BCUT2D eigenvalue weighted by molar-refractivity contribution is -0.136. The normalized spacial score (nSPS) is 17.3. The second kappa shape index (κ2) is 6.98. The molecule has 5 nitrogen and oxygen atoms in total. The number of aliphatic carboxylic acids is 1. The minimum Gasteiger partial charge on any atom is -0.481 e. The zero-order valence-corrected chi connectivity index (χ0v) is 12.1. The van der Waals surface area contributed by atoms with Crippen LogP contribution in [0, 0.1) is 6.92 Å². The molecule has 0 radical (unpaired) electrons. The molecule has 0 aliphatic carbocycles. The molecule has 1 saturated heterocycles. The summed E-state index contributed by atoms with van der Waals surface area (Å²) in [5, 5.41) is 13.3. The summed E-state index contributed by atoms with van der Waals surface area (Å²) in [6, 6.07) is 0. The van der Waals surface area contributed by atoms with Gasteiger partial charge in [-0.25, -0.2) is 4.98 Å². The number of thiazole rings is 1. The Bertz CT molecular complexity index is 426. The van der Waals surface area contributed by atoms with Crippen molar-refractivity contribution in [3.8, 4) is 0 Å². The van der Waals surface area contributed by atoms with Crippen molar-refractivity contribution >= 4 is 17.3 Å². The van der Waals surface area contributed by atoms with Crippen molar-refractivity contribution in [2.45, 2.75) is 26.2 Å². The molecule has 2 N–H and O–H groups in total. The Hall–Kier alpha value is -0.980. The third-order valence-electron chi connectivity index (χ3n) is 3.32. The molecule has 1 aromatic heterocycles. The van der Waals surface area contributed by atoms with Crippen LogP contribution in [0.5, 0.6) is 0 Å². The summed E-state index contributed by atoms with van der Waals surface area (Å²) in [7, 11) is 0. The maximum absolute atomic E-state index is 10.7. The van der Waals surface area contributed by atoms with Crippen molar-refractivity contribution < 1.29 is 9.90 Å². The first kappa shape index (κ1) is 14.4. The molecule has 0 aromatic carbocycles. The number of hydrogen-bond acceptors (Lipinski definition) is 5. The molecule has 0 spiro atoms. The minimum absolute atomic E-state index is 0.0944. The van der Waals surface area contributed by atoms with Crippen LogP contribution < -0.4 is 5.32 Å². The topological polar surface area (TPSA) is 65.5 Å². The van der Waals surface area contributed by atoms with Gasteiger partial charge in [0.05, 0.1) is 17.1 Å². The van der Waals surface area contributed by atoms with Crippen LogP contribution in [0.4, 0.5) is 0 Å². The Morgan fingerprint density at radius 2 is 2.32 bits per heavy atom. The van der Waals surface area contributed by atoms with Crippen molar-refractivity contribution in [3.63, 3.8) is 0 Å². The van der Waals surface area contributed by atoms with E-state index in [-0.39, 0.29) is 6.42 Å². The molecular weight excluding hydrogens is 262 g/mol. The Balaban J connectivity index is 1.86. The van der Waals surface area contributed by atoms with Crippen molar-refractivity contribution in [2.24, 2.45) is 0 Å². The number of hydrogen-bond donors (Lipinski definition) is 2. The Labute approximate surface area is 117 Å². The first-order valence-electron chi connectivity index (χ1n) is 6.75. The number of carboxylic acid groups (broad SMARTS) is 1. The van der Waals surface area contributed by atoms with Crippen molar-refractivity contribution in [3.05, 3.63) is 15.6 Å². The van der Waals surface area contributed by atoms with Crippen LogP contribution in [0.1, 0.15) is 22.0 Å². The zero-order chi connectivity index (χ0) is 13.7. The van der Waals surface area contributed by atoms with Gasteiger partial charge in [0.1, 0.15) is 0 Å². The van der Waals surface area contributed by atoms with Gasteiger partial charge in [-0.15, -0.1) is 11.3 Å². The lowest BCUT2D eigenvalue weighted by Crippen LogP contribution is -2.30. The van der Waals surface area contributed by atoms with Gasteiger partial charge in [-0.05, 0) is 26.4 Å². The van der Waals surface area contributed by atoms with Gasteiger partial charge in [0, 0.05) is 30.9 Å². The van der Waals surface area contributed by atoms with E-state index < -0.39 is 5.97 Å². The summed E-state index contributed by atoms with van der Waals surface area (Å²) < 4.78 is 0. The highest BCUT2D eigenvalue weighted by Gasteiger charge is 2.13. The van der Waals surface area contributed by atoms with E-state index in [1.165, 1.54) is 6.42 Å². The quantitative estimate of drug-likeness (QED) is 0.841. The number of rotatable bonds is 5. The van der Waals surface area contributed by atoms with E-state index in [1.54, 1.807) is 11.3 Å². The minimum atomic E-state index is -0.781. The van der Waals surface area contributed by atoms with Gasteiger partial charge >= 0.3 is 5.97 Å². The monoisotopic (exact) mass is 283 g/mol. The van der Waals surface area contributed by atoms with Gasteiger partial charge in [-0.2, -0.15) is 0 Å². The fraction of sp³-hybridized carbons (Fsp3) is 0.692. The summed E-state index contributed by atoms with van der Waals surface area (Å²) in [5.41, 5.74) is 0.875. The summed E-state index contributed by atoms with van der Waals surface area (Å²) in [5.74, 6) is -0.781. The predicted octanol–water partition coefficient (Wildman–Crippen LogP) is 0.916. The second-order valence-corrected chi connectivity index (χ2v) is 6.05. The molecule has 2 heterocycles. The van der Waals surface area contributed by atoms with Crippen LogP contribution in [0.2, 0.25) is 0 Å². The second-order valence-electron chi connectivity index (χ2n) is 4.88. The molecule has 1 aromatic rings. The highest BCUT2D eigenvalue weighted by Crippen LogP contribution is 2.19. The van der Waals surface area contributed by atoms with Crippen molar-refractivity contribution in [1.29, 1.82) is 0 Å². The summed E-state index contributed by atoms with van der Waals surface area (Å²) in [6.07, 6.45) is 2.21. The van der Waals surface area contributed by atoms with E-state index in [0.717, 1.165) is 54.7 Å². The molecule has 0 unspecified atom stereocenters. The number of aryl methyl sites for hydroxylation is 1. The molecule has 2 rings (SSSR count). The van der Waals surface area contributed by atoms with Gasteiger partial charge in [0.15, 0.2) is 0 Å². The van der Waals surface area contributed by atoms with Crippen LogP contribution in [-0.2, 0) is 17.6 Å². The molecule has 0 atom stereocenters. The molecule has 0 amide bonds. The van der Waals surface area contributed by atoms with Crippen LogP contribution in [0.15, 0.2) is 0 Å². The zero-order valence-electron chi connectivity index (χ0n) is 11.3. The highest BCUT2D eigenvalue weighted by molar-refractivity contribution is 7.11. The molecule has 19 heavy (non-hydrogen) atoms. The number of nitrogens with zero attached hydrogens (tertiary/aromatic N) is 2. The lowest BCUT2D eigenvalue weighted by atomic mass is 10.3. The number of carboxylic acids is 1. The first-order chi connectivity index (χ1) is 9.15. The molecule has 1 aliphatic rings. The van der Waals surface area contributed by atoms with Crippen molar-refractivity contribution in [2.75, 3.05) is 32.7 Å². The van der Waals surface area contributed by atoms with E-state index in [4.69, 9.17) is 5.11 Å². The van der Waals surface area contributed by atoms with Gasteiger partial charge < -0.3 is 15.3 Å². The predicted molar refractivity (Wildman–Crippen MR) is 75.8 cm³/mol. The van der Waals surface area contributed by atoms with E-state index in [1.807, 2.05) is 6.92 Å². The Morgan fingerprint density at radius 3 is 3.11 bits per heavy atom. The SMILES string of the molecule is Cc1nc(CCN2CCCNCC2)sc1CC(=O)O. The van der Waals surface area contributed by atoms with Gasteiger partial charge in [-0.1, -0.05) is 0 Å². The molecule has 0 saturated carbocycles. The van der Waals surface area contributed by atoms with Crippen LogP contribution in [0.25, 0.3) is 0 Å². The van der Waals surface area contributed by atoms with Gasteiger partial charge in [-0.3, -0.25) is 4.79 Å². The maximum Gasteiger partial charge on any atom is 0.308 e. The molecular formula is C13H21N3O2S. The molecule has 6 heteroatoms. The Kier molecular flexibility index (Phi) is 5.30. The fourth-order valence-electron chi connectivity index (χ4n) is 2.28. The third kappa shape index (κ3) is 4.56. The largest absolute Gasteiger partial charge is 0.481 e. The lowest BCUT2D eigenvalue weighted by Gasteiger charge is -2.18. The average molecular weight is 283 g/mol. The van der Waals surface area contributed by atoms with Crippen LogP contribution in [-0.4, -0.2) is 53.7 Å². The van der Waals surface area contributed by atoms with Gasteiger partial charge in [0.25, 0.3) is 0 Å². The summed E-state index contributed by atoms with van der Waals surface area (Å²) in [6.45, 7) is 7.30. The third-order valence-corrected chi connectivity index (χ3v) is 4.54. The number of aromatic nitrogens is 1. The maximum atomic E-state index is 10.7. The average Bonchev–Trinajstić information content (AvgIpc) is 2.57. The van der Waals surface area contributed by atoms with Crippen molar-refractivity contribution in [1.82, 2.24) is 15.2 Å². The van der Waals surface area contributed by atoms with E-state index in [9.17, 15) is 4.79 Å². The highest BCUT2D eigenvalue weighted by atomic mass is 32.1. The summed E-state index contributed by atoms with van der Waals surface area (Å²) >= 11 is 1.55. The molecule has 0 bridgehead atoms. The van der Waals surface area contributed by atoms with Crippen LogP contribution in [0.3, 0.4) is 0 Å². The van der Waals surface area contributed by atoms with Gasteiger partial charge in [0.2, 0.25) is 0 Å². The number of carbonyl (C=O) groups is 1. The first-order valence-corrected chi connectivity index (χ1v) is 7.57. The molecule has 1 aliphatic heterocycles. The van der Waals surface area contributed by atoms with E-state index in [0.29, 0.717) is 0 Å².